The number of allylic oxidation sites excluding steroid dienone is 1. The molecule has 7 nitrogen and oxygen atoms in total. The smallest absolute Gasteiger partial charge is 0.244 e. The van der Waals surface area contributed by atoms with Crippen LogP contribution in [0.25, 0.3) is 16.7 Å². The summed E-state index contributed by atoms with van der Waals surface area (Å²) in [5.74, 6) is -1.04. The summed E-state index contributed by atoms with van der Waals surface area (Å²) in [4.78, 5) is 16.2. The maximum atomic E-state index is 12.3. The molecule has 2 aromatic carbocycles. The van der Waals surface area contributed by atoms with Crippen molar-refractivity contribution in [1.82, 2.24) is 25.6 Å². The van der Waals surface area contributed by atoms with Crippen molar-refractivity contribution in [2.45, 2.75) is 9.92 Å². The molecule has 0 bridgehead atoms. The van der Waals surface area contributed by atoms with E-state index in [-0.39, 0.29) is 11.6 Å². The van der Waals surface area contributed by atoms with E-state index in [1.807, 2.05) is 0 Å². The van der Waals surface area contributed by atoms with Crippen molar-refractivity contribution in [3.05, 3.63) is 68.9 Å². The summed E-state index contributed by atoms with van der Waals surface area (Å²) in [6.45, 7) is 0. The topological polar surface area (TPSA) is 108 Å². The third-order valence-corrected chi connectivity index (χ3v) is 5.53. The van der Waals surface area contributed by atoms with E-state index in [0.717, 1.165) is 16.5 Å². The first-order valence-corrected chi connectivity index (χ1v) is 10.00. The molecule has 0 atom stereocenters. The predicted octanol–water partition coefficient (Wildman–Crippen LogP) is 5.57. The van der Waals surface area contributed by atoms with Gasteiger partial charge in [0.25, 0.3) is 0 Å². The fraction of sp³-hybridized carbons (Fsp3) is 0. The molecule has 2 heterocycles. The Morgan fingerprint density at radius 1 is 1.07 bits per heavy atom. The zero-order valence-corrected chi connectivity index (χ0v) is 17.4. The number of aromatic nitrogens is 5. The van der Waals surface area contributed by atoms with Gasteiger partial charge in [-0.2, -0.15) is 5.21 Å². The number of hydrogen-bond donors (Lipinski definition) is 3. The second-order valence-corrected chi connectivity index (χ2v) is 8.25. The Balaban J connectivity index is 1.83. The van der Waals surface area contributed by atoms with Crippen LogP contribution in [-0.2, 0) is 0 Å². The number of carbonyl (C=O) groups is 1. The van der Waals surface area contributed by atoms with Crippen LogP contribution in [0.15, 0.2) is 52.4 Å². The van der Waals surface area contributed by atoms with E-state index < -0.39 is 5.78 Å². The SMILES string of the molecule is O=C(/C=C(\O)c1c(Sc2cc(Cl)cc(Cl)c2)[nH]c2ccc(Cl)cc12)c1nn[nH]n1. The molecule has 3 N–H and O–H groups in total. The van der Waals surface area contributed by atoms with Crippen molar-refractivity contribution >= 4 is 69.0 Å². The molecule has 0 spiro atoms. The lowest BCUT2D eigenvalue weighted by molar-refractivity contribution is 0.103. The summed E-state index contributed by atoms with van der Waals surface area (Å²) >= 11 is 19.6. The zero-order chi connectivity index (χ0) is 20.5. The third-order valence-electron chi connectivity index (χ3n) is 3.87. The van der Waals surface area contributed by atoms with Gasteiger partial charge in [-0.1, -0.05) is 46.6 Å². The van der Waals surface area contributed by atoms with Gasteiger partial charge in [-0.25, -0.2) is 0 Å². The van der Waals surface area contributed by atoms with Gasteiger partial charge in [0.1, 0.15) is 5.76 Å². The first kappa shape index (κ1) is 19.8. The molecule has 11 heteroatoms. The summed E-state index contributed by atoms with van der Waals surface area (Å²) < 4.78 is 0. The molecule has 2 aromatic heterocycles. The Morgan fingerprint density at radius 2 is 1.83 bits per heavy atom. The summed E-state index contributed by atoms with van der Waals surface area (Å²) in [7, 11) is 0. The number of rotatable bonds is 5. The normalized spacial score (nSPS) is 11.9. The van der Waals surface area contributed by atoms with Crippen molar-refractivity contribution in [1.29, 1.82) is 0 Å². The highest BCUT2D eigenvalue weighted by Gasteiger charge is 2.19. The minimum absolute atomic E-state index is 0.162. The number of H-pyrrole nitrogens is 2. The van der Waals surface area contributed by atoms with Gasteiger partial charge in [0.05, 0.1) is 10.6 Å². The van der Waals surface area contributed by atoms with E-state index >= 15 is 0 Å². The summed E-state index contributed by atoms with van der Waals surface area (Å²) in [5, 5.41) is 26.2. The lowest BCUT2D eigenvalue weighted by atomic mass is 10.1. The summed E-state index contributed by atoms with van der Waals surface area (Å²) in [5.41, 5.74) is 1.13. The molecule has 0 saturated heterocycles. The lowest BCUT2D eigenvalue weighted by Gasteiger charge is -2.05. The first-order chi connectivity index (χ1) is 13.9. The molecule has 0 fully saturated rings. The lowest BCUT2D eigenvalue weighted by Crippen LogP contribution is -1.99. The number of aromatic amines is 2. The monoisotopic (exact) mass is 465 g/mol. The highest BCUT2D eigenvalue weighted by atomic mass is 35.5. The molecule has 29 heavy (non-hydrogen) atoms. The maximum Gasteiger partial charge on any atom is 0.244 e. The van der Waals surface area contributed by atoms with Crippen LogP contribution in [0, 0.1) is 0 Å². The fourth-order valence-corrected chi connectivity index (χ4v) is 4.62. The first-order valence-electron chi connectivity index (χ1n) is 8.04. The largest absolute Gasteiger partial charge is 0.507 e. The molecule has 0 saturated carbocycles. The van der Waals surface area contributed by atoms with E-state index in [4.69, 9.17) is 34.8 Å². The molecule has 0 amide bonds. The van der Waals surface area contributed by atoms with Crippen LogP contribution >= 0.6 is 46.6 Å². The third kappa shape index (κ3) is 4.25. The second-order valence-electron chi connectivity index (χ2n) is 5.86. The number of carbonyl (C=O) groups excluding carboxylic acids is 1. The maximum absolute atomic E-state index is 12.3. The van der Waals surface area contributed by atoms with Gasteiger partial charge in [-0.15, -0.1) is 10.2 Å². The molecular weight excluding hydrogens is 457 g/mol. The highest BCUT2D eigenvalue weighted by molar-refractivity contribution is 7.99. The number of nitrogens with zero attached hydrogens (tertiary/aromatic N) is 3. The minimum Gasteiger partial charge on any atom is -0.507 e. The van der Waals surface area contributed by atoms with Gasteiger partial charge in [0.2, 0.25) is 11.6 Å². The van der Waals surface area contributed by atoms with Gasteiger partial charge in [-0.05, 0) is 41.6 Å². The van der Waals surface area contributed by atoms with Crippen LogP contribution in [0.1, 0.15) is 16.2 Å². The molecule has 146 valence electrons. The Morgan fingerprint density at radius 3 is 2.52 bits per heavy atom. The molecule has 4 aromatic rings. The van der Waals surface area contributed by atoms with Crippen LogP contribution in [-0.4, -0.2) is 36.5 Å². The number of fused-ring (bicyclic) bond motifs is 1. The molecule has 0 aliphatic carbocycles. The quantitative estimate of drug-likeness (QED) is 0.201. The van der Waals surface area contributed by atoms with Crippen molar-refractivity contribution < 1.29 is 9.90 Å². The second kappa shape index (κ2) is 8.08. The van der Waals surface area contributed by atoms with E-state index in [2.05, 4.69) is 25.6 Å². The van der Waals surface area contributed by atoms with E-state index in [1.165, 1.54) is 11.8 Å². The van der Waals surface area contributed by atoms with Crippen molar-refractivity contribution in [3.8, 4) is 0 Å². The van der Waals surface area contributed by atoms with Gasteiger partial charge in [-0.3, -0.25) is 4.79 Å². The Bertz CT molecular complexity index is 1230. The highest BCUT2D eigenvalue weighted by Crippen LogP contribution is 2.39. The van der Waals surface area contributed by atoms with Gasteiger partial charge >= 0.3 is 0 Å². The predicted molar refractivity (Wildman–Crippen MR) is 113 cm³/mol. The number of hydrogen-bond acceptors (Lipinski definition) is 6. The minimum atomic E-state index is -0.602. The number of nitrogens with one attached hydrogen (secondary N) is 2. The molecule has 0 aliphatic rings. The van der Waals surface area contributed by atoms with Crippen LogP contribution in [0.5, 0.6) is 0 Å². The van der Waals surface area contributed by atoms with E-state index in [0.29, 0.717) is 31.0 Å². The van der Waals surface area contributed by atoms with Crippen LogP contribution < -0.4 is 0 Å². The Labute approximate surface area is 183 Å². The molecule has 0 aliphatic heterocycles. The van der Waals surface area contributed by atoms with Crippen molar-refractivity contribution in [2.24, 2.45) is 0 Å². The molecule has 0 unspecified atom stereocenters. The molecule has 4 rings (SSSR count). The standard InChI is InChI=1S/C18H10Cl3N5O2S/c19-8-1-2-13-12(6-8)16(14(27)7-15(28)17-23-25-26-24-17)18(22-13)29-11-4-9(20)3-10(21)5-11/h1-7,22,27H,(H,23,24,25,26)/b14-7-. The number of aliphatic hydroxyl groups excluding tert-OH is 1. The van der Waals surface area contributed by atoms with Gasteiger partial charge < -0.3 is 10.1 Å². The zero-order valence-electron chi connectivity index (χ0n) is 14.3. The van der Waals surface area contributed by atoms with Crippen LogP contribution in [0.3, 0.4) is 0 Å². The van der Waals surface area contributed by atoms with Crippen molar-refractivity contribution in [2.75, 3.05) is 0 Å². The van der Waals surface area contributed by atoms with Crippen LogP contribution in [0.4, 0.5) is 0 Å². The van der Waals surface area contributed by atoms with Gasteiger partial charge in [0.15, 0.2) is 0 Å². The van der Waals surface area contributed by atoms with Crippen LogP contribution in [0.2, 0.25) is 15.1 Å². The average Bonchev–Trinajstić information content (AvgIpc) is 3.28. The number of halogens is 3. The van der Waals surface area contributed by atoms with Gasteiger partial charge in [0, 0.05) is 36.9 Å². The summed E-state index contributed by atoms with van der Waals surface area (Å²) in [6.07, 6.45) is 1.03. The summed E-state index contributed by atoms with van der Waals surface area (Å²) in [6, 6.07) is 10.3. The van der Waals surface area contributed by atoms with E-state index in [9.17, 15) is 9.90 Å². The Hall–Kier alpha value is -2.52. The average molecular weight is 467 g/mol. The number of benzene rings is 2. The fourth-order valence-electron chi connectivity index (χ4n) is 2.70. The number of tetrazole rings is 1. The van der Waals surface area contributed by atoms with Crippen molar-refractivity contribution in [3.63, 3.8) is 0 Å². The molecule has 0 radical (unpaired) electrons. The Kier molecular flexibility index (Phi) is 5.51. The van der Waals surface area contributed by atoms with E-state index in [1.54, 1.807) is 36.4 Å². The number of aliphatic hydroxyl groups is 1. The number of ketones is 1. The molecular formula is C18H10Cl3N5O2S.